The van der Waals surface area contributed by atoms with E-state index in [0.29, 0.717) is 23.8 Å². The molecule has 5 heterocycles. The van der Waals surface area contributed by atoms with E-state index in [9.17, 15) is 4.79 Å². The quantitative estimate of drug-likeness (QED) is 0.325. The lowest BCUT2D eigenvalue weighted by Crippen LogP contribution is -2.29. The molecule has 0 bridgehead atoms. The summed E-state index contributed by atoms with van der Waals surface area (Å²) in [6, 6.07) is 12.0. The molecule has 1 aliphatic rings. The molecule has 10 heteroatoms. The number of pyridine rings is 2. The summed E-state index contributed by atoms with van der Waals surface area (Å²) in [5.74, 6) is 0.580. The van der Waals surface area contributed by atoms with Crippen molar-refractivity contribution >= 4 is 39.3 Å². The number of fused-ring (bicyclic) bond motifs is 2. The number of hydrogen-bond acceptors (Lipinski definition) is 7. The standard InChI is InChI=1S/C27H29N9O/c1-35(2)16-23(37)29-18-13-17(14-28-15-18)19-9-10-21-25(30-19)26(34-33-21)27-31-20-7-6-8-22(24(20)32-27)36-11-4-3-5-12-36/h6-10,13-15H,3-5,11-12,16H2,1-2H3,(H,29,37)(H,31,32)(H,33,34). The SMILES string of the molecule is CN(C)CC(=O)Nc1cncc(-c2ccc3[nH]nc(-c4nc5c(N6CCCCC6)cccc5[nH]4)c3n2)c1. The number of anilines is 2. The molecular weight excluding hydrogens is 466 g/mol. The highest BCUT2D eigenvalue weighted by Crippen LogP contribution is 2.32. The van der Waals surface area contributed by atoms with Crippen molar-refractivity contribution in [1.29, 1.82) is 0 Å². The zero-order valence-corrected chi connectivity index (χ0v) is 21.0. The molecular formula is C27H29N9O. The third kappa shape index (κ3) is 4.63. The van der Waals surface area contributed by atoms with Gasteiger partial charge in [-0.2, -0.15) is 5.10 Å². The predicted molar refractivity (Wildman–Crippen MR) is 145 cm³/mol. The second kappa shape index (κ2) is 9.62. The van der Waals surface area contributed by atoms with E-state index in [1.165, 1.54) is 19.3 Å². The molecule has 0 aliphatic carbocycles. The summed E-state index contributed by atoms with van der Waals surface area (Å²) in [5.41, 5.74) is 7.46. The molecule has 1 fully saturated rings. The predicted octanol–water partition coefficient (Wildman–Crippen LogP) is 4.05. The van der Waals surface area contributed by atoms with Gasteiger partial charge in [-0.3, -0.25) is 14.9 Å². The van der Waals surface area contributed by atoms with Crippen LogP contribution in [0, 0.1) is 0 Å². The molecule has 1 saturated heterocycles. The first kappa shape index (κ1) is 23.1. The molecule has 4 aromatic heterocycles. The van der Waals surface area contributed by atoms with Gasteiger partial charge in [0.15, 0.2) is 11.5 Å². The topological polar surface area (TPSA) is 119 Å². The largest absolute Gasteiger partial charge is 0.370 e. The van der Waals surface area contributed by atoms with Crippen molar-refractivity contribution in [2.24, 2.45) is 0 Å². The summed E-state index contributed by atoms with van der Waals surface area (Å²) in [7, 11) is 3.71. The van der Waals surface area contributed by atoms with E-state index in [1.807, 2.05) is 37.2 Å². The number of imidazole rings is 1. The highest BCUT2D eigenvalue weighted by molar-refractivity contribution is 5.95. The summed E-state index contributed by atoms with van der Waals surface area (Å²) in [5, 5.41) is 10.5. The van der Waals surface area contributed by atoms with Crippen LogP contribution in [-0.4, -0.2) is 74.7 Å². The number of amides is 1. The number of para-hydroxylation sites is 1. The first-order valence-electron chi connectivity index (χ1n) is 12.5. The molecule has 3 N–H and O–H groups in total. The zero-order chi connectivity index (χ0) is 25.4. The van der Waals surface area contributed by atoms with Crippen molar-refractivity contribution < 1.29 is 4.79 Å². The Kier molecular flexibility index (Phi) is 6.01. The van der Waals surface area contributed by atoms with Crippen molar-refractivity contribution in [2.75, 3.05) is 43.9 Å². The number of nitrogens with zero attached hydrogens (tertiary/aromatic N) is 6. The van der Waals surface area contributed by atoms with Gasteiger partial charge < -0.3 is 20.1 Å². The number of hydrogen-bond donors (Lipinski definition) is 3. The second-order valence-corrected chi connectivity index (χ2v) is 9.72. The second-order valence-electron chi connectivity index (χ2n) is 9.72. The summed E-state index contributed by atoms with van der Waals surface area (Å²) in [6.07, 6.45) is 7.07. The van der Waals surface area contributed by atoms with E-state index in [2.05, 4.69) is 48.6 Å². The van der Waals surface area contributed by atoms with E-state index in [-0.39, 0.29) is 5.91 Å². The van der Waals surface area contributed by atoms with Crippen molar-refractivity contribution in [1.82, 2.24) is 35.0 Å². The van der Waals surface area contributed by atoms with Crippen LogP contribution in [0.4, 0.5) is 11.4 Å². The Hall–Kier alpha value is -4.31. The maximum Gasteiger partial charge on any atom is 0.238 e. The Bertz CT molecular complexity index is 1580. The van der Waals surface area contributed by atoms with Gasteiger partial charge in [-0.1, -0.05) is 6.07 Å². The maximum absolute atomic E-state index is 12.2. The minimum atomic E-state index is -0.0988. The van der Waals surface area contributed by atoms with E-state index < -0.39 is 0 Å². The summed E-state index contributed by atoms with van der Waals surface area (Å²) >= 11 is 0. The smallest absolute Gasteiger partial charge is 0.238 e. The number of aromatic amines is 2. The Labute approximate surface area is 214 Å². The van der Waals surface area contributed by atoms with E-state index in [0.717, 1.165) is 52.1 Å². The van der Waals surface area contributed by atoms with Crippen LogP contribution in [0.5, 0.6) is 0 Å². The Morgan fingerprint density at radius 2 is 1.89 bits per heavy atom. The van der Waals surface area contributed by atoms with Crippen LogP contribution >= 0.6 is 0 Å². The molecule has 37 heavy (non-hydrogen) atoms. The highest BCUT2D eigenvalue weighted by Gasteiger charge is 2.19. The third-order valence-electron chi connectivity index (χ3n) is 6.60. The van der Waals surface area contributed by atoms with E-state index >= 15 is 0 Å². The number of piperidine rings is 1. The van der Waals surface area contributed by atoms with E-state index in [1.54, 1.807) is 12.4 Å². The van der Waals surface area contributed by atoms with Crippen molar-refractivity contribution in [3.05, 3.63) is 48.8 Å². The molecule has 0 unspecified atom stereocenters. The number of nitrogens with one attached hydrogen (secondary N) is 3. The minimum Gasteiger partial charge on any atom is -0.370 e. The number of benzene rings is 1. The van der Waals surface area contributed by atoms with Crippen molar-refractivity contribution in [3.8, 4) is 22.8 Å². The first-order valence-corrected chi connectivity index (χ1v) is 12.5. The summed E-state index contributed by atoms with van der Waals surface area (Å²) < 4.78 is 0. The third-order valence-corrected chi connectivity index (χ3v) is 6.60. The lowest BCUT2D eigenvalue weighted by atomic mass is 10.1. The lowest BCUT2D eigenvalue weighted by Gasteiger charge is -2.28. The first-order chi connectivity index (χ1) is 18.0. The fourth-order valence-corrected chi connectivity index (χ4v) is 4.88. The summed E-state index contributed by atoms with van der Waals surface area (Å²) in [4.78, 5) is 34.1. The van der Waals surface area contributed by atoms with Gasteiger partial charge in [-0.15, -0.1) is 0 Å². The average Bonchev–Trinajstić information content (AvgIpc) is 3.52. The fraction of sp³-hybridized carbons (Fsp3) is 0.296. The maximum atomic E-state index is 12.2. The van der Waals surface area contributed by atoms with Gasteiger partial charge in [0.2, 0.25) is 5.91 Å². The Morgan fingerprint density at radius 1 is 1.03 bits per heavy atom. The van der Waals surface area contributed by atoms with Crippen LogP contribution < -0.4 is 10.2 Å². The monoisotopic (exact) mass is 495 g/mol. The van der Waals surface area contributed by atoms with Gasteiger partial charge in [-0.25, -0.2) is 9.97 Å². The lowest BCUT2D eigenvalue weighted by molar-refractivity contribution is -0.116. The van der Waals surface area contributed by atoms with Crippen LogP contribution in [-0.2, 0) is 4.79 Å². The Morgan fingerprint density at radius 3 is 2.73 bits per heavy atom. The van der Waals surface area contributed by atoms with Gasteiger partial charge in [0, 0.05) is 24.8 Å². The molecule has 1 aliphatic heterocycles. The molecule has 5 aromatic rings. The van der Waals surface area contributed by atoms with Crippen molar-refractivity contribution in [2.45, 2.75) is 19.3 Å². The molecule has 0 saturated carbocycles. The van der Waals surface area contributed by atoms with Crippen LogP contribution in [0.3, 0.4) is 0 Å². The molecule has 1 aromatic carbocycles. The van der Waals surface area contributed by atoms with Crippen molar-refractivity contribution in [3.63, 3.8) is 0 Å². The van der Waals surface area contributed by atoms with Gasteiger partial charge >= 0.3 is 0 Å². The molecule has 6 rings (SSSR count). The Balaban J connectivity index is 1.35. The van der Waals surface area contributed by atoms with Gasteiger partial charge in [0.1, 0.15) is 11.0 Å². The molecule has 10 nitrogen and oxygen atoms in total. The fourth-order valence-electron chi connectivity index (χ4n) is 4.88. The number of carbonyl (C=O) groups is 1. The van der Waals surface area contributed by atoms with Crippen LogP contribution in [0.2, 0.25) is 0 Å². The zero-order valence-electron chi connectivity index (χ0n) is 21.0. The normalized spacial score (nSPS) is 14.1. The molecule has 0 spiro atoms. The van der Waals surface area contributed by atoms with Gasteiger partial charge in [0.25, 0.3) is 0 Å². The van der Waals surface area contributed by atoms with Gasteiger partial charge in [-0.05, 0) is 63.7 Å². The van der Waals surface area contributed by atoms with Crippen LogP contribution in [0.25, 0.3) is 44.8 Å². The number of aromatic nitrogens is 6. The van der Waals surface area contributed by atoms with E-state index in [4.69, 9.17) is 9.97 Å². The number of H-pyrrole nitrogens is 2. The summed E-state index contributed by atoms with van der Waals surface area (Å²) in [6.45, 7) is 2.41. The number of likely N-dealkylation sites (N-methyl/N-ethyl adjacent to an activating group) is 1. The van der Waals surface area contributed by atoms with Crippen LogP contribution in [0.1, 0.15) is 19.3 Å². The molecule has 188 valence electrons. The minimum absolute atomic E-state index is 0.0988. The number of carbonyl (C=O) groups excluding carboxylic acids is 1. The molecule has 1 amide bonds. The molecule has 0 radical (unpaired) electrons. The average molecular weight is 496 g/mol. The number of rotatable bonds is 6. The van der Waals surface area contributed by atoms with Crippen LogP contribution in [0.15, 0.2) is 48.8 Å². The highest BCUT2D eigenvalue weighted by atomic mass is 16.2. The van der Waals surface area contributed by atoms with Gasteiger partial charge in [0.05, 0.1) is 40.8 Å². The molecule has 0 atom stereocenters.